The van der Waals surface area contributed by atoms with Crippen molar-refractivity contribution in [2.24, 2.45) is 5.92 Å². The molecule has 0 saturated heterocycles. The molecule has 0 spiro atoms. The van der Waals surface area contributed by atoms with E-state index in [4.69, 9.17) is 0 Å². The van der Waals surface area contributed by atoms with Crippen LogP contribution in [-0.4, -0.2) is 16.1 Å². The lowest BCUT2D eigenvalue weighted by molar-refractivity contribution is 0.537. The molecule has 4 aliphatic carbocycles. The van der Waals surface area contributed by atoms with Crippen molar-refractivity contribution in [3.05, 3.63) is 282 Å². The van der Waals surface area contributed by atoms with E-state index in [-0.39, 0.29) is 23.0 Å². The molecule has 13 rings (SSSR count). The molecule has 0 saturated carbocycles. The second-order valence-electron chi connectivity index (χ2n) is 26.2. The zero-order valence-corrected chi connectivity index (χ0v) is 52.5. The van der Waals surface area contributed by atoms with Gasteiger partial charge in [-0.3, -0.25) is 0 Å². The Morgan fingerprint density at radius 3 is 1.87 bits per heavy atom. The highest BCUT2D eigenvalue weighted by Crippen LogP contribution is 2.60. The van der Waals surface area contributed by atoms with Gasteiger partial charge in [-0.1, -0.05) is 247 Å². The van der Waals surface area contributed by atoms with Crippen LogP contribution in [0.5, 0.6) is 0 Å². The van der Waals surface area contributed by atoms with Crippen LogP contribution in [0.2, 0.25) is 44.8 Å². The van der Waals surface area contributed by atoms with Crippen molar-refractivity contribution in [3.63, 3.8) is 0 Å². The molecule has 84 heavy (non-hydrogen) atoms. The lowest BCUT2D eigenvalue weighted by atomic mass is 9.64. The van der Waals surface area contributed by atoms with Gasteiger partial charge in [-0.15, -0.1) is 11.3 Å². The third kappa shape index (κ3) is 9.78. The molecule has 0 bridgehead atoms. The Morgan fingerprint density at radius 1 is 0.595 bits per heavy atom. The fourth-order valence-electron chi connectivity index (χ4n) is 13.9. The molecule has 0 radical (unpaired) electrons. The molecule has 0 N–H and O–H groups in total. The maximum Gasteiger partial charge on any atom is 0.155 e. The minimum Gasteiger partial charge on any atom is -0.312 e. The summed E-state index contributed by atoms with van der Waals surface area (Å²) in [4.78, 5) is 5.63. The first kappa shape index (κ1) is 55.3. The summed E-state index contributed by atoms with van der Waals surface area (Å²) >= 11 is 1.82. The van der Waals surface area contributed by atoms with Crippen molar-refractivity contribution < 1.29 is 8.78 Å². The largest absolute Gasteiger partial charge is 0.312 e. The number of hydrogen-bond acceptors (Lipinski definition) is 3. The normalized spacial score (nSPS) is 20.2. The highest BCUT2D eigenvalue weighted by atomic mass is 32.1. The first-order chi connectivity index (χ1) is 40.4. The van der Waals surface area contributed by atoms with Crippen LogP contribution >= 0.6 is 11.3 Å². The zero-order valence-electron chi connectivity index (χ0n) is 49.6. The van der Waals surface area contributed by atoms with E-state index in [1.54, 1.807) is 0 Å². The van der Waals surface area contributed by atoms with Gasteiger partial charge in [-0.05, 0) is 128 Å². The molecular formula is C77H72F2N2SSi2. The quantitative estimate of drug-likeness (QED) is 0.113. The van der Waals surface area contributed by atoms with Crippen molar-refractivity contribution in [2.45, 2.75) is 89.3 Å². The number of fused-ring (bicyclic) bond motifs is 8. The molecule has 4 unspecified atom stereocenters. The van der Waals surface area contributed by atoms with Crippen LogP contribution in [0.25, 0.3) is 53.9 Å². The van der Waals surface area contributed by atoms with Crippen molar-refractivity contribution in [2.75, 3.05) is 9.80 Å². The number of halogens is 2. The number of benzene rings is 8. The van der Waals surface area contributed by atoms with Gasteiger partial charge in [0.1, 0.15) is 0 Å². The van der Waals surface area contributed by atoms with Gasteiger partial charge in [0.2, 0.25) is 0 Å². The van der Waals surface area contributed by atoms with Crippen molar-refractivity contribution in [1.29, 1.82) is 0 Å². The number of anilines is 4. The van der Waals surface area contributed by atoms with Gasteiger partial charge in [0.15, 0.2) is 11.6 Å². The highest BCUT2D eigenvalue weighted by Gasteiger charge is 2.44. The Labute approximate surface area is 501 Å². The summed E-state index contributed by atoms with van der Waals surface area (Å²) in [6, 6.07) is 67.5. The average Bonchev–Trinajstić information content (AvgIpc) is 1.52. The van der Waals surface area contributed by atoms with Crippen LogP contribution < -0.4 is 15.0 Å². The Balaban J connectivity index is 0.996. The second kappa shape index (κ2) is 21.3. The molecule has 1 heterocycles. The third-order valence-electron chi connectivity index (χ3n) is 18.3. The number of hydrogen-bond donors (Lipinski definition) is 0. The van der Waals surface area contributed by atoms with Crippen LogP contribution in [-0.2, 0) is 10.8 Å². The molecule has 7 heteroatoms. The summed E-state index contributed by atoms with van der Waals surface area (Å²) in [6.07, 6.45) is 17.4. The lowest BCUT2D eigenvalue weighted by Crippen LogP contribution is -2.37. The standard InChI is InChI=1S/C77H72F2N2SSi2/c1-51-44-58(37-42-71(51)84(7,8)9)81(69-50-76(2,56-30-20-13-21-31-56)49-66(74(69)79)54-28-18-12-19-29-54)59-35-40-62-65(47-59)67-32-22-23-43-77(67,3)72-63-41-36-60(48-70(63)82-75(62)72)80(57-33-38-61(39-34-57)83(4,5)6)68-46-55(52-24-14-10-15-25-52)45-64(73(68)78)53-26-16-11-17-27-53/h10-42,44-49,51,71H,43,50H2,1-9H3. The fraction of sp³-hybridized carbons (Fsp3) is 0.195. The van der Waals surface area contributed by atoms with E-state index in [0.29, 0.717) is 34.5 Å². The van der Waals surface area contributed by atoms with E-state index >= 15 is 8.78 Å². The summed E-state index contributed by atoms with van der Waals surface area (Å²) in [7, 11) is -3.26. The van der Waals surface area contributed by atoms with Crippen LogP contribution in [0.15, 0.2) is 254 Å². The maximum absolute atomic E-state index is 18.4. The van der Waals surface area contributed by atoms with E-state index < -0.39 is 21.6 Å². The zero-order chi connectivity index (χ0) is 58.3. The van der Waals surface area contributed by atoms with E-state index in [2.05, 4.69) is 216 Å². The molecule has 418 valence electrons. The summed E-state index contributed by atoms with van der Waals surface area (Å²) in [6.45, 7) is 21.5. The number of rotatable bonds is 12. The predicted octanol–water partition coefficient (Wildman–Crippen LogP) is 21.9. The van der Waals surface area contributed by atoms with E-state index in [9.17, 15) is 0 Å². The molecule has 8 aromatic carbocycles. The summed E-state index contributed by atoms with van der Waals surface area (Å²) < 4.78 is 37.5. The molecule has 1 aromatic heterocycles. The first-order valence-electron chi connectivity index (χ1n) is 29.8. The SMILES string of the molecule is CC1C=C(N(C2=C(F)C(c3ccccc3)=CC(C)(c3ccccc3)C2)c2ccc3c(c2)C2=CC=CCC2(C)c2c-3sc3cc(N(c4ccc([Si](C)(C)C)cc4)c4cc(-c5ccccc5)cc(-c5ccccc5)c4F)ccc23)C=CC1[Si](C)(C)C. The Hall–Kier alpha value is -7.95. The fourth-order valence-corrected chi connectivity index (χ4v) is 18.8. The molecule has 0 amide bonds. The second-order valence-corrected chi connectivity index (χ2v) is 37.7. The highest BCUT2D eigenvalue weighted by molar-refractivity contribution is 7.22. The van der Waals surface area contributed by atoms with E-state index in [1.165, 1.54) is 32.2 Å². The van der Waals surface area contributed by atoms with Gasteiger partial charge in [0.05, 0.1) is 27.5 Å². The monoisotopic (exact) mass is 1150 g/mol. The summed E-state index contributed by atoms with van der Waals surface area (Å²) in [5.41, 5.74) is 15.3. The predicted molar refractivity (Wildman–Crippen MR) is 362 cm³/mol. The number of nitrogens with zero attached hydrogens (tertiary/aromatic N) is 2. The topological polar surface area (TPSA) is 6.48 Å². The molecule has 4 atom stereocenters. The molecule has 0 fully saturated rings. The van der Waals surface area contributed by atoms with Gasteiger partial charge >= 0.3 is 0 Å². The lowest BCUT2D eigenvalue weighted by Gasteiger charge is -2.42. The minimum absolute atomic E-state index is 0.196. The number of allylic oxidation sites excluding steroid dienone is 11. The summed E-state index contributed by atoms with van der Waals surface area (Å²) in [5, 5.41) is 2.55. The van der Waals surface area contributed by atoms with Crippen LogP contribution in [0.1, 0.15) is 55.9 Å². The molecule has 9 aromatic rings. The Morgan fingerprint density at radius 2 is 1.21 bits per heavy atom. The van der Waals surface area contributed by atoms with Gasteiger partial charge in [-0.2, -0.15) is 0 Å². The van der Waals surface area contributed by atoms with Gasteiger partial charge in [0, 0.05) is 60.7 Å². The van der Waals surface area contributed by atoms with Gasteiger partial charge in [0.25, 0.3) is 0 Å². The first-order valence-corrected chi connectivity index (χ1v) is 37.6. The maximum atomic E-state index is 18.4. The molecule has 0 aliphatic heterocycles. The third-order valence-corrected chi connectivity index (χ3v) is 24.3. The molecule has 4 aliphatic rings. The smallest absolute Gasteiger partial charge is 0.155 e. The van der Waals surface area contributed by atoms with Gasteiger partial charge < -0.3 is 9.80 Å². The summed E-state index contributed by atoms with van der Waals surface area (Å²) in [5.74, 6) is -0.205. The van der Waals surface area contributed by atoms with Crippen LogP contribution in [0, 0.1) is 11.7 Å². The van der Waals surface area contributed by atoms with Crippen LogP contribution in [0.4, 0.5) is 31.5 Å². The number of thiophene rings is 1. The van der Waals surface area contributed by atoms with Crippen molar-refractivity contribution in [1.82, 2.24) is 0 Å². The molecular weight excluding hydrogens is 1080 g/mol. The van der Waals surface area contributed by atoms with Crippen molar-refractivity contribution in [3.8, 4) is 32.7 Å². The van der Waals surface area contributed by atoms with Crippen LogP contribution in [0.3, 0.4) is 0 Å². The van der Waals surface area contributed by atoms with Crippen molar-refractivity contribution >= 4 is 76.7 Å². The molecule has 2 nitrogen and oxygen atoms in total. The minimum atomic E-state index is -1.67. The Kier molecular flexibility index (Phi) is 14.0. The average molecular weight is 1150 g/mol. The Bertz CT molecular complexity index is 4220. The van der Waals surface area contributed by atoms with Gasteiger partial charge in [-0.25, -0.2) is 8.78 Å². The van der Waals surface area contributed by atoms with E-state index in [1.807, 2.05) is 102 Å². The van der Waals surface area contributed by atoms with E-state index in [0.717, 1.165) is 67.3 Å².